The molecule has 1 atom stereocenters. The molecule has 0 saturated carbocycles. The van der Waals surface area contributed by atoms with E-state index < -0.39 is 21.0 Å². The number of hydrogen-bond donors (Lipinski definition) is 2. The van der Waals surface area contributed by atoms with Crippen LogP contribution < -0.4 is 10.6 Å². The molecule has 0 aromatic heterocycles. The monoisotopic (exact) mass is 418 g/mol. The molecule has 0 spiro atoms. The van der Waals surface area contributed by atoms with E-state index in [0.29, 0.717) is 24.5 Å². The van der Waals surface area contributed by atoms with Gasteiger partial charge in [0.05, 0.1) is 9.82 Å². The summed E-state index contributed by atoms with van der Waals surface area (Å²) in [5.74, 6) is -0.355. The van der Waals surface area contributed by atoms with E-state index in [1.54, 1.807) is 25.1 Å². The molecule has 1 aliphatic rings. The predicted molar refractivity (Wildman–Crippen MR) is 109 cm³/mol. The van der Waals surface area contributed by atoms with E-state index >= 15 is 0 Å². The van der Waals surface area contributed by atoms with Crippen molar-refractivity contribution < 1.29 is 18.1 Å². The van der Waals surface area contributed by atoms with E-state index in [2.05, 4.69) is 10.6 Å². The highest BCUT2D eigenvalue weighted by Crippen LogP contribution is 2.22. The number of anilines is 2. The molecule has 1 aliphatic heterocycles. The first kappa shape index (κ1) is 20.7. The SMILES string of the molecule is CC(Nc1cccc([N+](=O)[O-])c1)C(=O)Nc1ccc(S(=O)(=O)N2CCCC2)cc1. The smallest absolute Gasteiger partial charge is 0.271 e. The second-order valence-electron chi connectivity index (χ2n) is 6.80. The molecule has 2 aromatic rings. The van der Waals surface area contributed by atoms with Crippen molar-refractivity contribution in [1.29, 1.82) is 0 Å². The summed E-state index contributed by atoms with van der Waals surface area (Å²) in [6.45, 7) is 2.68. The van der Waals surface area contributed by atoms with Gasteiger partial charge in [-0.05, 0) is 50.1 Å². The van der Waals surface area contributed by atoms with Gasteiger partial charge >= 0.3 is 0 Å². The summed E-state index contributed by atoms with van der Waals surface area (Å²) in [5.41, 5.74) is 0.842. The number of nitro benzene ring substituents is 1. The van der Waals surface area contributed by atoms with Crippen molar-refractivity contribution >= 4 is 33.0 Å². The van der Waals surface area contributed by atoms with Gasteiger partial charge in [0.15, 0.2) is 0 Å². The van der Waals surface area contributed by atoms with Crippen molar-refractivity contribution in [3.05, 3.63) is 58.6 Å². The first-order chi connectivity index (χ1) is 13.8. The van der Waals surface area contributed by atoms with Gasteiger partial charge in [0.1, 0.15) is 6.04 Å². The summed E-state index contributed by atoms with van der Waals surface area (Å²) >= 11 is 0. The van der Waals surface area contributed by atoms with E-state index in [1.807, 2.05) is 0 Å². The standard InChI is InChI=1S/C19H22N4O5S/c1-14(20-16-5-4-6-17(13-16)23(25)26)19(24)21-15-7-9-18(10-8-15)29(27,28)22-11-2-3-12-22/h4-10,13-14,20H,2-3,11-12H2,1H3,(H,21,24). The quantitative estimate of drug-likeness (QED) is 0.527. The Morgan fingerprint density at radius 3 is 2.38 bits per heavy atom. The fourth-order valence-electron chi connectivity index (χ4n) is 3.06. The number of benzene rings is 2. The number of amides is 1. The molecule has 29 heavy (non-hydrogen) atoms. The topological polar surface area (TPSA) is 122 Å². The molecule has 2 aromatic carbocycles. The fraction of sp³-hybridized carbons (Fsp3) is 0.316. The van der Waals surface area contributed by atoms with Crippen LogP contribution >= 0.6 is 0 Å². The summed E-state index contributed by atoms with van der Waals surface area (Å²) in [5, 5.41) is 16.5. The molecule has 0 radical (unpaired) electrons. The summed E-state index contributed by atoms with van der Waals surface area (Å²) in [4.78, 5) is 22.9. The number of rotatable bonds is 7. The van der Waals surface area contributed by atoms with Crippen LogP contribution in [0.2, 0.25) is 0 Å². The zero-order chi connectivity index (χ0) is 21.0. The first-order valence-corrected chi connectivity index (χ1v) is 10.6. The molecule has 1 fully saturated rings. The van der Waals surface area contributed by atoms with Crippen LogP contribution in [0.3, 0.4) is 0 Å². The van der Waals surface area contributed by atoms with Crippen molar-refractivity contribution in [3.63, 3.8) is 0 Å². The molecule has 1 unspecified atom stereocenters. The summed E-state index contributed by atoms with van der Waals surface area (Å²) in [6, 6.07) is 11.3. The van der Waals surface area contributed by atoms with Crippen LogP contribution in [0.5, 0.6) is 0 Å². The number of sulfonamides is 1. The second kappa shape index (κ2) is 8.58. The number of carbonyl (C=O) groups excluding carboxylic acids is 1. The third-order valence-corrected chi connectivity index (χ3v) is 6.57. The third-order valence-electron chi connectivity index (χ3n) is 4.66. The molecule has 2 N–H and O–H groups in total. The molecule has 1 heterocycles. The number of hydrogen-bond acceptors (Lipinski definition) is 6. The first-order valence-electron chi connectivity index (χ1n) is 9.19. The normalized spacial score (nSPS) is 15.6. The zero-order valence-electron chi connectivity index (χ0n) is 15.9. The van der Waals surface area contributed by atoms with Crippen molar-refractivity contribution in [2.75, 3.05) is 23.7 Å². The van der Waals surface area contributed by atoms with Crippen molar-refractivity contribution in [2.24, 2.45) is 0 Å². The van der Waals surface area contributed by atoms with Crippen LogP contribution in [0.25, 0.3) is 0 Å². The Balaban J connectivity index is 1.63. The Kier molecular flexibility index (Phi) is 6.14. The molecule has 10 heteroatoms. The van der Waals surface area contributed by atoms with Gasteiger partial charge < -0.3 is 10.6 Å². The van der Waals surface area contributed by atoms with Gasteiger partial charge in [0.25, 0.3) is 5.69 Å². The molecule has 0 bridgehead atoms. The molecule has 1 amide bonds. The number of non-ortho nitro benzene ring substituents is 1. The Labute approximate surface area is 168 Å². The zero-order valence-corrected chi connectivity index (χ0v) is 16.7. The molecule has 3 rings (SSSR count). The Morgan fingerprint density at radius 1 is 1.10 bits per heavy atom. The summed E-state index contributed by atoms with van der Waals surface area (Å²) in [6.07, 6.45) is 1.73. The Hall–Kier alpha value is -2.98. The maximum atomic E-state index is 12.5. The molecular weight excluding hydrogens is 396 g/mol. The number of nitro groups is 1. The van der Waals surface area contributed by atoms with Crippen molar-refractivity contribution in [1.82, 2.24) is 4.31 Å². The van der Waals surface area contributed by atoms with Gasteiger partial charge in [-0.15, -0.1) is 0 Å². The molecule has 0 aliphatic carbocycles. The summed E-state index contributed by atoms with van der Waals surface area (Å²) < 4.78 is 26.5. The van der Waals surface area contributed by atoms with Crippen LogP contribution in [0.15, 0.2) is 53.4 Å². The number of nitrogens with zero attached hydrogens (tertiary/aromatic N) is 2. The molecule has 1 saturated heterocycles. The minimum atomic E-state index is -3.50. The van der Waals surface area contributed by atoms with Crippen LogP contribution in [0.1, 0.15) is 19.8 Å². The van der Waals surface area contributed by atoms with E-state index in [0.717, 1.165) is 12.8 Å². The van der Waals surface area contributed by atoms with Crippen LogP contribution in [-0.2, 0) is 14.8 Å². The maximum Gasteiger partial charge on any atom is 0.271 e. The van der Waals surface area contributed by atoms with Gasteiger partial charge in [-0.1, -0.05) is 6.07 Å². The highest BCUT2D eigenvalue weighted by molar-refractivity contribution is 7.89. The van der Waals surface area contributed by atoms with Crippen molar-refractivity contribution in [2.45, 2.75) is 30.7 Å². The lowest BCUT2D eigenvalue weighted by Gasteiger charge is -2.17. The predicted octanol–water partition coefficient (Wildman–Crippen LogP) is 2.82. The van der Waals surface area contributed by atoms with Crippen LogP contribution in [-0.4, -0.2) is 42.7 Å². The fourth-order valence-corrected chi connectivity index (χ4v) is 4.58. The van der Waals surface area contributed by atoms with E-state index in [1.165, 1.54) is 34.6 Å². The third kappa shape index (κ3) is 4.90. The average Bonchev–Trinajstić information content (AvgIpc) is 3.24. The largest absolute Gasteiger partial charge is 0.374 e. The highest BCUT2D eigenvalue weighted by atomic mass is 32.2. The summed E-state index contributed by atoms with van der Waals surface area (Å²) in [7, 11) is -3.50. The number of nitrogens with one attached hydrogen (secondary N) is 2. The lowest BCUT2D eigenvalue weighted by molar-refractivity contribution is -0.384. The second-order valence-corrected chi connectivity index (χ2v) is 8.74. The minimum Gasteiger partial charge on any atom is -0.374 e. The molecule has 9 nitrogen and oxygen atoms in total. The van der Waals surface area contributed by atoms with E-state index in [4.69, 9.17) is 0 Å². The lowest BCUT2D eigenvalue weighted by atomic mass is 10.2. The highest BCUT2D eigenvalue weighted by Gasteiger charge is 2.27. The Bertz CT molecular complexity index is 1000. The minimum absolute atomic E-state index is 0.0718. The van der Waals surface area contributed by atoms with E-state index in [9.17, 15) is 23.3 Å². The maximum absolute atomic E-state index is 12.5. The van der Waals surface area contributed by atoms with Crippen LogP contribution in [0.4, 0.5) is 17.1 Å². The lowest BCUT2D eigenvalue weighted by Crippen LogP contribution is -2.32. The van der Waals surface area contributed by atoms with Gasteiger partial charge in [0.2, 0.25) is 15.9 Å². The van der Waals surface area contributed by atoms with Gasteiger partial charge in [-0.2, -0.15) is 4.31 Å². The molecular formula is C19H22N4O5S. The van der Waals surface area contributed by atoms with Crippen molar-refractivity contribution in [3.8, 4) is 0 Å². The van der Waals surface area contributed by atoms with E-state index in [-0.39, 0.29) is 16.5 Å². The number of carbonyl (C=O) groups is 1. The average molecular weight is 418 g/mol. The van der Waals surface area contributed by atoms with Crippen LogP contribution in [0, 0.1) is 10.1 Å². The van der Waals surface area contributed by atoms with Gasteiger partial charge in [-0.25, -0.2) is 8.42 Å². The molecule has 154 valence electrons. The Morgan fingerprint density at radius 2 is 1.76 bits per heavy atom. The van der Waals surface area contributed by atoms with Gasteiger partial charge in [0, 0.05) is 36.6 Å². The van der Waals surface area contributed by atoms with Gasteiger partial charge in [-0.3, -0.25) is 14.9 Å².